The Morgan fingerprint density at radius 3 is 2.53 bits per heavy atom. The zero-order chi connectivity index (χ0) is 11.6. The van der Waals surface area contributed by atoms with Crippen LogP contribution in [0.1, 0.15) is 41.0 Å². The van der Waals surface area contributed by atoms with Crippen molar-refractivity contribution in [3.63, 3.8) is 0 Å². The number of hydrogen-bond acceptors (Lipinski definition) is 1. The van der Waals surface area contributed by atoms with Crippen molar-refractivity contribution in [3.8, 4) is 0 Å². The van der Waals surface area contributed by atoms with E-state index in [1.165, 1.54) is 12.0 Å². The van der Waals surface area contributed by atoms with E-state index in [1.54, 1.807) is 6.92 Å². The predicted octanol–water partition coefficient (Wildman–Crippen LogP) is 3.76. The summed E-state index contributed by atoms with van der Waals surface area (Å²) in [5, 5.41) is 0. The van der Waals surface area contributed by atoms with E-state index in [2.05, 4.69) is 32.9 Å². The fourth-order valence-electron chi connectivity index (χ4n) is 2.16. The van der Waals surface area contributed by atoms with Crippen LogP contribution in [-0.4, -0.2) is 5.78 Å². The van der Waals surface area contributed by atoms with Crippen LogP contribution in [0.2, 0.25) is 0 Å². The van der Waals surface area contributed by atoms with Gasteiger partial charge in [-0.1, -0.05) is 31.6 Å². The van der Waals surface area contributed by atoms with Crippen molar-refractivity contribution in [1.82, 2.24) is 0 Å². The number of ketones is 1. The summed E-state index contributed by atoms with van der Waals surface area (Å²) in [6.45, 7) is 10.3. The van der Waals surface area contributed by atoms with Gasteiger partial charge in [0.15, 0.2) is 5.78 Å². The lowest BCUT2D eigenvalue weighted by molar-refractivity contribution is -0.113. The van der Waals surface area contributed by atoms with Crippen molar-refractivity contribution in [2.75, 3.05) is 0 Å². The van der Waals surface area contributed by atoms with Gasteiger partial charge in [0.1, 0.15) is 0 Å². The van der Waals surface area contributed by atoms with E-state index in [0.29, 0.717) is 11.8 Å². The summed E-state index contributed by atoms with van der Waals surface area (Å²) >= 11 is 0. The Labute approximate surface area is 93.3 Å². The van der Waals surface area contributed by atoms with Gasteiger partial charge in [-0.15, -0.1) is 0 Å². The fraction of sp³-hybridized carbons (Fsp3) is 0.643. The van der Waals surface area contributed by atoms with Crippen molar-refractivity contribution in [3.05, 3.63) is 23.3 Å². The Morgan fingerprint density at radius 2 is 2.00 bits per heavy atom. The van der Waals surface area contributed by atoms with Crippen molar-refractivity contribution in [2.24, 2.45) is 17.8 Å². The standard InChI is InChI=1S/C14H22O/c1-9-6-7-10(2)14(12(9)4)8-11(3)13(5)15/h7-9,12,14H,6H2,1-5H3/b11-8+. The summed E-state index contributed by atoms with van der Waals surface area (Å²) < 4.78 is 0. The van der Waals surface area contributed by atoms with Crippen LogP contribution in [0.4, 0.5) is 0 Å². The molecule has 3 unspecified atom stereocenters. The lowest BCUT2D eigenvalue weighted by Gasteiger charge is -2.32. The minimum absolute atomic E-state index is 0.188. The van der Waals surface area contributed by atoms with Gasteiger partial charge in [-0.2, -0.15) is 0 Å². The van der Waals surface area contributed by atoms with Gasteiger partial charge in [-0.3, -0.25) is 4.79 Å². The molecule has 0 saturated carbocycles. The normalized spacial score (nSPS) is 32.5. The maximum atomic E-state index is 11.2. The largest absolute Gasteiger partial charge is 0.295 e. The van der Waals surface area contributed by atoms with Gasteiger partial charge >= 0.3 is 0 Å². The summed E-state index contributed by atoms with van der Waals surface area (Å²) in [6, 6.07) is 0. The molecule has 0 amide bonds. The number of carbonyl (C=O) groups is 1. The highest BCUT2D eigenvalue weighted by molar-refractivity contribution is 5.92. The number of allylic oxidation sites excluding steroid dienone is 4. The van der Waals surface area contributed by atoms with Gasteiger partial charge in [-0.25, -0.2) is 0 Å². The van der Waals surface area contributed by atoms with Gasteiger partial charge in [-0.05, 0) is 44.6 Å². The molecule has 1 aliphatic carbocycles. The molecule has 1 heteroatoms. The van der Waals surface area contributed by atoms with Crippen LogP contribution < -0.4 is 0 Å². The molecule has 1 aliphatic rings. The summed E-state index contributed by atoms with van der Waals surface area (Å²) in [6.07, 6.45) is 5.64. The number of rotatable bonds is 2. The molecule has 0 aliphatic heterocycles. The monoisotopic (exact) mass is 206 g/mol. The summed E-state index contributed by atoms with van der Waals surface area (Å²) in [4.78, 5) is 11.2. The molecular weight excluding hydrogens is 184 g/mol. The predicted molar refractivity (Wildman–Crippen MR) is 64.6 cm³/mol. The van der Waals surface area contributed by atoms with E-state index in [-0.39, 0.29) is 5.78 Å². The molecule has 0 aromatic rings. The summed E-state index contributed by atoms with van der Waals surface area (Å²) in [5.74, 6) is 2.00. The van der Waals surface area contributed by atoms with E-state index in [1.807, 2.05) is 6.92 Å². The van der Waals surface area contributed by atoms with Crippen LogP contribution in [0.5, 0.6) is 0 Å². The van der Waals surface area contributed by atoms with E-state index in [4.69, 9.17) is 0 Å². The molecular formula is C14H22O. The molecule has 84 valence electrons. The lowest BCUT2D eigenvalue weighted by Crippen LogP contribution is -2.22. The maximum absolute atomic E-state index is 11.2. The van der Waals surface area contributed by atoms with Gasteiger partial charge in [0.2, 0.25) is 0 Å². The Balaban J connectivity index is 2.92. The Bertz CT molecular complexity index is 309. The minimum Gasteiger partial charge on any atom is -0.295 e. The Morgan fingerprint density at radius 1 is 1.40 bits per heavy atom. The van der Waals surface area contributed by atoms with E-state index < -0.39 is 0 Å². The average Bonchev–Trinajstić information content (AvgIpc) is 2.18. The molecule has 0 aromatic carbocycles. The maximum Gasteiger partial charge on any atom is 0.155 e. The molecule has 0 saturated heterocycles. The smallest absolute Gasteiger partial charge is 0.155 e. The average molecular weight is 206 g/mol. The molecule has 3 atom stereocenters. The van der Waals surface area contributed by atoms with Crippen molar-refractivity contribution < 1.29 is 4.79 Å². The minimum atomic E-state index is 0.188. The van der Waals surface area contributed by atoms with E-state index in [9.17, 15) is 4.79 Å². The van der Waals surface area contributed by atoms with Crippen LogP contribution >= 0.6 is 0 Å². The zero-order valence-corrected chi connectivity index (χ0v) is 10.5. The van der Waals surface area contributed by atoms with Crippen LogP contribution in [-0.2, 0) is 4.79 Å². The zero-order valence-electron chi connectivity index (χ0n) is 10.5. The van der Waals surface area contributed by atoms with Crippen LogP contribution in [0, 0.1) is 17.8 Å². The second-order valence-electron chi connectivity index (χ2n) is 4.95. The fourth-order valence-corrected chi connectivity index (χ4v) is 2.16. The highest BCUT2D eigenvalue weighted by atomic mass is 16.1. The van der Waals surface area contributed by atoms with Gasteiger partial charge in [0, 0.05) is 5.92 Å². The number of Topliss-reactive ketones (excluding diaryl/α,β-unsaturated/α-hetero) is 1. The first-order valence-corrected chi connectivity index (χ1v) is 5.79. The van der Waals surface area contributed by atoms with Gasteiger partial charge in [0.05, 0.1) is 0 Å². The second-order valence-corrected chi connectivity index (χ2v) is 4.95. The molecule has 1 rings (SSSR count). The quantitative estimate of drug-likeness (QED) is 0.496. The lowest BCUT2D eigenvalue weighted by atomic mass is 9.73. The van der Waals surface area contributed by atoms with Crippen molar-refractivity contribution >= 4 is 5.78 Å². The van der Waals surface area contributed by atoms with Gasteiger partial charge < -0.3 is 0 Å². The van der Waals surface area contributed by atoms with Crippen LogP contribution in [0.15, 0.2) is 23.3 Å². The SMILES string of the molecule is CC(=O)/C(C)=C/C1C(C)=CCC(C)C1C. The summed E-state index contributed by atoms with van der Waals surface area (Å²) in [5.41, 5.74) is 2.31. The van der Waals surface area contributed by atoms with Crippen molar-refractivity contribution in [1.29, 1.82) is 0 Å². The van der Waals surface area contributed by atoms with Crippen LogP contribution in [0.3, 0.4) is 0 Å². The topological polar surface area (TPSA) is 17.1 Å². The molecule has 0 radical (unpaired) electrons. The first-order valence-electron chi connectivity index (χ1n) is 5.79. The highest BCUT2D eigenvalue weighted by Crippen LogP contribution is 2.35. The molecule has 0 bridgehead atoms. The second kappa shape index (κ2) is 4.78. The Kier molecular flexibility index (Phi) is 3.90. The van der Waals surface area contributed by atoms with E-state index in [0.717, 1.165) is 11.5 Å². The third-order valence-electron chi connectivity index (χ3n) is 3.79. The number of hydrogen-bond donors (Lipinski definition) is 0. The molecule has 0 spiro atoms. The van der Waals surface area contributed by atoms with Crippen molar-refractivity contribution in [2.45, 2.75) is 41.0 Å². The first kappa shape index (κ1) is 12.2. The third kappa shape index (κ3) is 2.80. The van der Waals surface area contributed by atoms with Gasteiger partial charge in [0.25, 0.3) is 0 Å². The summed E-state index contributed by atoms with van der Waals surface area (Å²) in [7, 11) is 0. The highest BCUT2D eigenvalue weighted by Gasteiger charge is 2.25. The van der Waals surface area contributed by atoms with E-state index >= 15 is 0 Å². The molecule has 0 N–H and O–H groups in total. The first-order chi connectivity index (χ1) is 6.93. The third-order valence-corrected chi connectivity index (χ3v) is 3.79. The molecule has 15 heavy (non-hydrogen) atoms. The number of carbonyl (C=O) groups excluding carboxylic acids is 1. The molecule has 1 nitrogen and oxygen atoms in total. The van der Waals surface area contributed by atoms with Crippen LogP contribution in [0.25, 0.3) is 0 Å². The molecule has 0 fully saturated rings. The Hall–Kier alpha value is -0.850. The molecule has 0 aromatic heterocycles. The molecule has 0 heterocycles.